The molecule has 0 aromatic carbocycles. The summed E-state index contributed by atoms with van der Waals surface area (Å²) in [4.78, 5) is 20.2. The number of ether oxygens (including phenoxy) is 1. The molecule has 0 aliphatic rings. The summed E-state index contributed by atoms with van der Waals surface area (Å²) in [7, 11) is 0. The SMILES string of the molecule is C=C/C=C(/Oc1cc2cnc(C)nc2n(N)c1=O)C(=C)F. The Balaban J connectivity index is 2.60. The van der Waals surface area contributed by atoms with Gasteiger partial charge >= 0.3 is 5.56 Å². The summed E-state index contributed by atoms with van der Waals surface area (Å²) >= 11 is 0. The highest BCUT2D eigenvalue weighted by molar-refractivity contribution is 5.75. The van der Waals surface area contributed by atoms with Gasteiger partial charge in [0.05, 0.1) is 0 Å². The quantitative estimate of drug-likeness (QED) is 0.526. The Hall–Kier alpha value is -2.96. The molecule has 6 nitrogen and oxygen atoms in total. The van der Waals surface area contributed by atoms with Gasteiger partial charge in [-0.1, -0.05) is 19.2 Å². The minimum atomic E-state index is -0.835. The van der Waals surface area contributed by atoms with Crippen molar-refractivity contribution >= 4 is 11.0 Å². The zero-order chi connectivity index (χ0) is 15.6. The lowest BCUT2D eigenvalue weighted by atomic mass is 10.3. The molecule has 0 aliphatic carbocycles. The summed E-state index contributed by atoms with van der Waals surface area (Å²) in [5.41, 5.74) is -0.398. The van der Waals surface area contributed by atoms with Crippen LogP contribution < -0.4 is 16.1 Å². The minimum Gasteiger partial charge on any atom is -0.448 e. The van der Waals surface area contributed by atoms with Crippen LogP contribution in [-0.4, -0.2) is 14.6 Å². The van der Waals surface area contributed by atoms with Crippen molar-refractivity contribution in [1.82, 2.24) is 14.6 Å². The van der Waals surface area contributed by atoms with Crippen LogP contribution in [0, 0.1) is 6.92 Å². The molecule has 108 valence electrons. The first kappa shape index (κ1) is 14.4. The van der Waals surface area contributed by atoms with Crippen molar-refractivity contribution in [2.45, 2.75) is 6.92 Å². The molecule has 7 heteroatoms. The maximum absolute atomic E-state index is 13.2. The van der Waals surface area contributed by atoms with Gasteiger partial charge in [-0.15, -0.1) is 0 Å². The Morgan fingerprint density at radius 2 is 2.29 bits per heavy atom. The van der Waals surface area contributed by atoms with Gasteiger partial charge in [-0.2, -0.15) is 0 Å². The Morgan fingerprint density at radius 1 is 1.57 bits per heavy atom. The first-order valence-corrected chi connectivity index (χ1v) is 5.94. The van der Waals surface area contributed by atoms with E-state index in [0.29, 0.717) is 11.2 Å². The second-order valence-electron chi connectivity index (χ2n) is 4.15. The minimum absolute atomic E-state index is 0.163. The number of fused-ring (bicyclic) bond motifs is 1. The average molecular weight is 288 g/mol. The van der Waals surface area contributed by atoms with Crippen LogP contribution in [0.2, 0.25) is 0 Å². The van der Waals surface area contributed by atoms with E-state index < -0.39 is 11.4 Å². The fraction of sp³-hybridized carbons (Fsp3) is 0.0714. The largest absolute Gasteiger partial charge is 0.448 e. The van der Waals surface area contributed by atoms with Gasteiger partial charge in [0.25, 0.3) is 0 Å². The van der Waals surface area contributed by atoms with Gasteiger partial charge in [0.15, 0.2) is 23.0 Å². The van der Waals surface area contributed by atoms with E-state index in [1.165, 1.54) is 24.4 Å². The molecule has 0 saturated heterocycles. The molecule has 0 unspecified atom stereocenters. The van der Waals surface area contributed by atoms with Gasteiger partial charge in [0, 0.05) is 11.6 Å². The van der Waals surface area contributed by atoms with E-state index in [-0.39, 0.29) is 17.2 Å². The number of nitrogens with zero attached hydrogens (tertiary/aromatic N) is 3. The molecule has 2 heterocycles. The highest BCUT2D eigenvalue weighted by Gasteiger charge is 2.13. The third kappa shape index (κ3) is 2.81. The van der Waals surface area contributed by atoms with E-state index in [0.717, 1.165) is 4.68 Å². The van der Waals surface area contributed by atoms with E-state index in [2.05, 4.69) is 23.1 Å². The lowest BCUT2D eigenvalue weighted by molar-refractivity contribution is 0.398. The Labute approximate surface area is 119 Å². The highest BCUT2D eigenvalue weighted by atomic mass is 19.1. The molecule has 0 fully saturated rings. The monoisotopic (exact) mass is 288 g/mol. The molecule has 0 bridgehead atoms. The number of allylic oxidation sites excluding steroid dienone is 3. The molecule has 0 radical (unpaired) electrons. The van der Waals surface area contributed by atoms with Crippen molar-refractivity contribution in [1.29, 1.82) is 0 Å². The number of nitrogens with two attached hydrogens (primary N) is 1. The molecular weight excluding hydrogens is 275 g/mol. The van der Waals surface area contributed by atoms with Gasteiger partial charge in [-0.05, 0) is 19.1 Å². The number of hydrogen-bond acceptors (Lipinski definition) is 5. The number of aryl methyl sites for hydroxylation is 1. The lowest BCUT2D eigenvalue weighted by Gasteiger charge is -2.10. The van der Waals surface area contributed by atoms with Crippen molar-refractivity contribution in [2.75, 3.05) is 5.84 Å². The molecule has 2 N–H and O–H groups in total. The normalized spacial score (nSPS) is 11.4. The Kier molecular flexibility index (Phi) is 3.84. The first-order chi connectivity index (χ1) is 9.93. The van der Waals surface area contributed by atoms with Crippen LogP contribution in [0.3, 0.4) is 0 Å². The third-order valence-electron chi connectivity index (χ3n) is 2.62. The fourth-order valence-corrected chi connectivity index (χ4v) is 1.66. The van der Waals surface area contributed by atoms with E-state index >= 15 is 0 Å². The summed E-state index contributed by atoms with van der Waals surface area (Å²) in [6, 6.07) is 1.39. The van der Waals surface area contributed by atoms with E-state index in [9.17, 15) is 9.18 Å². The molecule has 0 aliphatic heterocycles. The predicted octanol–water partition coefficient (Wildman–Crippen LogP) is 1.75. The number of hydrogen-bond donors (Lipinski definition) is 1. The van der Waals surface area contributed by atoms with Crippen LogP contribution in [0.1, 0.15) is 5.82 Å². The van der Waals surface area contributed by atoms with Crippen molar-refractivity contribution in [3.05, 3.63) is 65.3 Å². The van der Waals surface area contributed by atoms with E-state index in [1.54, 1.807) is 6.92 Å². The maximum atomic E-state index is 13.2. The fourth-order valence-electron chi connectivity index (χ4n) is 1.66. The van der Waals surface area contributed by atoms with Gasteiger partial charge in [-0.3, -0.25) is 4.79 Å². The number of aromatic nitrogens is 3. The van der Waals surface area contributed by atoms with Crippen molar-refractivity contribution in [2.24, 2.45) is 0 Å². The second-order valence-corrected chi connectivity index (χ2v) is 4.15. The Bertz CT molecular complexity index is 824. The topological polar surface area (TPSA) is 83.0 Å². The van der Waals surface area contributed by atoms with Crippen LogP contribution in [-0.2, 0) is 0 Å². The van der Waals surface area contributed by atoms with Gasteiger partial charge in [0.2, 0.25) is 0 Å². The zero-order valence-electron chi connectivity index (χ0n) is 11.3. The number of nitrogen functional groups attached to an aromatic ring is 1. The molecule has 0 atom stereocenters. The van der Waals surface area contributed by atoms with E-state index in [1.807, 2.05) is 0 Å². The van der Waals surface area contributed by atoms with Crippen LogP contribution in [0.25, 0.3) is 11.0 Å². The average Bonchev–Trinajstić information content (AvgIpc) is 2.44. The Morgan fingerprint density at radius 3 is 2.90 bits per heavy atom. The molecule has 2 rings (SSSR count). The summed E-state index contributed by atoms with van der Waals surface area (Å²) in [6.45, 7) is 8.23. The van der Waals surface area contributed by atoms with Gasteiger partial charge in [-0.25, -0.2) is 19.0 Å². The summed E-state index contributed by atoms with van der Waals surface area (Å²) < 4.78 is 19.3. The third-order valence-corrected chi connectivity index (χ3v) is 2.62. The first-order valence-electron chi connectivity index (χ1n) is 5.94. The van der Waals surface area contributed by atoms with Crippen molar-refractivity contribution in [3.8, 4) is 5.75 Å². The second kappa shape index (κ2) is 5.58. The van der Waals surface area contributed by atoms with Gasteiger partial charge in [0.1, 0.15) is 5.82 Å². The summed E-state index contributed by atoms with van der Waals surface area (Å²) in [6.07, 6.45) is 4.06. The molecule has 21 heavy (non-hydrogen) atoms. The summed E-state index contributed by atoms with van der Waals surface area (Å²) in [5.74, 6) is 4.94. The predicted molar refractivity (Wildman–Crippen MR) is 77.8 cm³/mol. The maximum Gasteiger partial charge on any atom is 0.313 e. The molecule has 2 aromatic rings. The molecule has 0 saturated carbocycles. The van der Waals surface area contributed by atoms with E-state index in [4.69, 9.17) is 10.6 Å². The molecule has 2 aromatic heterocycles. The molecular formula is C14H13FN4O2. The number of rotatable bonds is 4. The van der Waals surface area contributed by atoms with Crippen LogP contribution in [0.15, 0.2) is 54.0 Å². The summed E-state index contributed by atoms with van der Waals surface area (Å²) in [5, 5.41) is 0.486. The number of pyridine rings is 1. The highest BCUT2D eigenvalue weighted by Crippen LogP contribution is 2.18. The zero-order valence-corrected chi connectivity index (χ0v) is 11.3. The number of halogens is 1. The van der Waals surface area contributed by atoms with Crippen LogP contribution >= 0.6 is 0 Å². The standard InChI is InChI=1S/C14H13FN4O2/c1-4-5-11(8(2)15)21-12-6-10-7-17-9(3)18-13(10)19(16)14(12)20/h4-7H,1-2,16H2,3H3/b11-5+. The van der Waals surface area contributed by atoms with Crippen molar-refractivity contribution < 1.29 is 9.13 Å². The molecule has 0 spiro atoms. The van der Waals surface area contributed by atoms with Gasteiger partial charge < -0.3 is 10.6 Å². The van der Waals surface area contributed by atoms with Crippen LogP contribution in [0.4, 0.5) is 4.39 Å². The van der Waals surface area contributed by atoms with Crippen molar-refractivity contribution in [3.63, 3.8) is 0 Å². The lowest BCUT2D eigenvalue weighted by Crippen LogP contribution is -2.29. The van der Waals surface area contributed by atoms with Crippen LogP contribution in [0.5, 0.6) is 5.75 Å². The smallest absolute Gasteiger partial charge is 0.313 e. The molecule has 0 amide bonds.